The van der Waals surface area contributed by atoms with Gasteiger partial charge in [0.25, 0.3) is 0 Å². The van der Waals surface area contributed by atoms with Crippen LogP contribution in [0.2, 0.25) is 0 Å². The molecule has 1 saturated heterocycles. The van der Waals surface area contributed by atoms with Crippen molar-refractivity contribution in [2.45, 2.75) is 62.6 Å². The van der Waals surface area contributed by atoms with Gasteiger partial charge in [0.2, 0.25) is 0 Å². The minimum atomic E-state index is -3.18. The molecule has 1 heterocycles. The fraction of sp³-hybridized carbons (Fsp3) is 0.700. The summed E-state index contributed by atoms with van der Waals surface area (Å²) in [4.78, 5) is 0. The summed E-state index contributed by atoms with van der Waals surface area (Å²) < 4.78 is 29.9. The van der Waals surface area contributed by atoms with Gasteiger partial charge in [0.15, 0.2) is 9.84 Å². The van der Waals surface area contributed by atoms with E-state index >= 15 is 0 Å². The maximum absolute atomic E-state index is 12.5. The third-order valence-electron chi connectivity index (χ3n) is 5.61. The predicted molar refractivity (Wildman–Crippen MR) is 106 cm³/mol. The second-order valence-electron chi connectivity index (χ2n) is 8.55. The highest BCUT2D eigenvalue weighted by Crippen LogP contribution is 2.32. The molecule has 0 bridgehead atoms. The first-order valence-electron chi connectivity index (χ1n) is 9.65. The number of hydrogen-bond acceptors (Lipinski definition) is 5. The van der Waals surface area contributed by atoms with Gasteiger partial charge in [0.05, 0.1) is 23.7 Å². The van der Waals surface area contributed by atoms with Crippen molar-refractivity contribution in [3.8, 4) is 0 Å². The van der Waals surface area contributed by atoms with Gasteiger partial charge in [0, 0.05) is 24.3 Å². The average molecular weight is 381 g/mol. The van der Waals surface area contributed by atoms with E-state index in [9.17, 15) is 8.42 Å². The number of ether oxygens (including phenoxy) is 1. The van der Waals surface area contributed by atoms with Crippen LogP contribution in [-0.4, -0.2) is 45.0 Å². The van der Waals surface area contributed by atoms with E-state index < -0.39 is 14.6 Å². The summed E-state index contributed by atoms with van der Waals surface area (Å²) in [5, 5.41) is 7.25. The highest BCUT2D eigenvalue weighted by molar-refractivity contribution is 7.91. The van der Waals surface area contributed by atoms with E-state index in [2.05, 4.69) is 10.6 Å². The molecule has 3 rings (SSSR count). The minimum Gasteiger partial charge on any atom is -0.382 e. The number of morpholine rings is 1. The lowest BCUT2D eigenvalue weighted by Gasteiger charge is -2.33. The number of nitrogens with one attached hydrogen (secondary N) is 2. The van der Waals surface area contributed by atoms with Crippen LogP contribution in [0.5, 0.6) is 0 Å². The first-order chi connectivity index (χ1) is 12.3. The quantitative estimate of drug-likeness (QED) is 0.822. The molecule has 6 heteroatoms. The zero-order valence-corrected chi connectivity index (χ0v) is 16.9. The van der Waals surface area contributed by atoms with Crippen LogP contribution in [0.25, 0.3) is 0 Å². The highest BCUT2D eigenvalue weighted by atomic mass is 32.2. The molecule has 0 amide bonds. The molecule has 0 aromatic heterocycles. The molecule has 1 saturated carbocycles. The summed E-state index contributed by atoms with van der Waals surface area (Å²) in [5.74, 6) is 0.635. The number of anilines is 1. The van der Waals surface area contributed by atoms with Gasteiger partial charge in [-0.15, -0.1) is 0 Å². The van der Waals surface area contributed by atoms with Crippen molar-refractivity contribution in [2.24, 2.45) is 5.92 Å². The van der Waals surface area contributed by atoms with Crippen molar-refractivity contribution < 1.29 is 13.2 Å². The zero-order valence-electron chi connectivity index (χ0n) is 16.1. The van der Waals surface area contributed by atoms with Crippen LogP contribution in [0.4, 0.5) is 5.69 Å². The summed E-state index contributed by atoms with van der Waals surface area (Å²) in [6.07, 6.45) is 3.57. The zero-order chi connectivity index (χ0) is 18.8. The van der Waals surface area contributed by atoms with Gasteiger partial charge >= 0.3 is 0 Å². The number of rotatable bonds is 5. The molecule has 26 heavy (non-hydrogen) atoms. The van der Waals surface area contributed by atoms with Crippen molar-refractivity contribution in [2.75, 3.05) is 25.1 Å². The second-order valence-corrected chi connectivity index (χ2v) is 11.3. The van der Waals surface area contributed by atoms with Gasteiger partial charge in [-0.2, -0.15) is 0 Å². The van der Waals surface area contributed by atoms with E-state index in [4.69, 9.17) is 4.74 Å². The Morgan fingerprint density at radius 3 is 2.77 bits per heavy atom. The molecular weight excluding hydrogens is 348 g/mol. The molecule has 0 spiro atoms. The van der Waals surface area contributed by atoms with E-state index in [-0.39, 0.29) is 5.75 Å². The Morgan fingerprint density at radius 1 is 1.27 bits per heavy atom. The summed E-state index contributed by atoms with van der Waals surface area (Å²) in [7, 11) is -3.18. The van der Waals surface area contributed by atoms with Crippen molar-refractivity contribution >= 4 is 15.5 Å². The van der Waals surface area contributed by atoms with Gasteiger partial charge in [-0.25, -0.2) is 8.42 Å². The average Bonchev–Trinajstić information content (AvgIpc) is 3.02. The standard InChI is InChI=1S/C20H32N2O3S/c1-20(2,3)26(23,24)14-15-6-4-7-16(12-15)22-18-9-5-8-17(18)19-13-25-11-10-21-19/h4,6-7,12,17-19,21-22H,5,8-11,13-14H2,1-3H3. The largest absolute Gasteiger partial charge is 0.382 e. The van der Waals surface area contributed by atoms with Gasteiger partial charge in [0.1, 0.15) is 0 Å². The summed E-state index contributed by atoms with van der Waals surface area (Å²) in [6, 6.07) is 8.69. The molecule has 2 aliphatic rings. The van der Waals surface area contributed by atoms with Crippen LogP contribution >= 0.6 is 0 Å². The van der Waals surface area contributed by atoms with Gasteiger partial charge in [-0.3, -0.25) is 0 Å². The minimum absolute atomic E-state index is 0.0815. The molecule has 0 radical (unpaired) electrons. The monoisotopic (exact) mass is 380 g/mol. The summed E-state index contributed by atoms with van der Waals surface area (Å²) in [6.45, 7) is 7.78. The number of hydrogen-bond donors (Lipinski definition) is 2. The number of sulfone groups is 1. The lowest BCUT2D eigenvalue weighted by Crippen LogP contribution is -2.49. The Hall–Kier alpha value is -1.11. The van der Waals surface area contributed by atoms with Gasteiger partial charge < -0.3 is 15.4 Å². The fourth-order valence-corrected chi connectivity index (χ4v) is 4.96. The second kappa shape index (κ2) is 7.87. The molecule has 3 atom stereocenters. The fourth-order valence-electron chi connectivity index (χ4n) is 3.91. The molecule has 146 valence electrons. The van der Waals surface area contributed by atoms with E-state index in [0.717, 1.165) is 37.4 Å². The molecule has 1 aliphatic heterocycles. The Morgan fingerprint density at radius 2 is 2.08 bits per heavy atom. The Balaban J connectivity index is 1.68. The van der Waals surface area contributed by atoms with E-state index in [1.807, 2.05) is 24.3 Å². The molecule has 3 unspecified atom stereocenters. The SMILES string of the molecule is CC(C)(C)S(=O)(=O)Cc1cccc(NC2CCCC2C2COCCN2)c1. The van der Waals surface area contributed by atoms with Crippen molar-refractivity contribution in [1.82, 2.24) is 5.32 Å². The van der Waals surface area contributed by atoms with E-state index in [1.54, 1.807) is 20.8 Å². The van der Waals surface area contributed by atoms with Crippen molar-refractivity contribution in [1.29, 1.82) is 0 Å². The van der Waals surface area contributed by atoms with Crippen LogP contribution in [0.1, 0.15) is 45.6 Å². The lowest BCUT2D eigenvalue weighted by molar-refractivity contribution is 0.0559. The Bertz CT molecular complexity index is 706. The summed E-state index contributed by atoms with van der Waals surface area (Å²) >= 11 is 0. The van der Waals surface area contributed by atoms with Crippen LogP contribution < -0.4 is 10.6 Å². The van der Waals surface area contributed by atoms with Crippen LogP contribution in [-0.2, 0) is 20.3 Å². The molecule has 2 fully saturated rings. The smallest absolute Gasteiger partial charge is 0.159 e. The van der Waals surface area contributed by atoms with E-state index in [1.165, 1.54) is 12.8 Å². The molecular formula is C20H32N2O3S. The van der Waals surface area contributed by atoms with Crippen LogP contribution in [0.3, 0.4) is 0 Å². The van der Waals surface area contributed by atoms with Gasteiger partial charge in [-0.05, 0) is 57.2 Å². The van der Waals surface area contributed by atoms with E-state index in [0.29, 0.717) is 18.0 Å². The third-order valence-corrected chi connectivity index (χ3v) is 8.18. The normalized spacial score (nSPS) is 27.4. The van der Waals surface area contributed by atoms with Crippen molar-refractivity contribution in [3.05, 3.63) is 29.8 Å². The maximum Gasteiger partial charge on any atom is 0.159 e. The maximum atomic E-state index is 12.5. The van der Waals surface area contributed by atoms with Crippen LogP contribution in [0, 0.1) is 5.92 Å². The third kappa shape index (κ3) is 4.59. The molecule has 1 aliphatic carbocycles. The first-order valence-corrected chi connectivity index (χ1v) is 11.3. The lowest BCUT2D eigenvalue weighted by atomic mass is 9.93. The Labute approximate surface area is 157 Å². The molecule has 5 nitrogen and oxygen atoms in total. The molecule has 2 N–H and O–H groups in total. The molecule has 1 aromatic rings. The number of benzene rings is 1. The molecule has 1 aromatic carbocycles. The first kappa shape index (κ1) is 19.6. The topological polar surface area (TPSA) is 67.4 Å². The highest BCUT2D eigenvalue weighted by Gasteiger charge is 2.35. The van der Waals surface area contributed by atoms with Gasteiger partial charge in [-0.1, -0.05) is 18.6 Å². The van der Waals surface area contributed by atoms with Crippen LogP contribution in [0.15, 0.2) is 24.3 Å². The summed E-state index contributed by atoms with van der Waals surface area (Å²) in [5.41, 5.74) is 1.86. The van der Waals surface area contributed by atoms with Crippen molar-refractivity contribution in [3.63, 3.8) is 0 Å². The predicted octanol–water partition coefficient (Wildman–Crippen LogP) is 2.97. The Kier molecular flexibility index (Phi) is 5.94.